The monoisotopic (exact) mass is 567 g/mol. The van der Waals surface area contributed by atoms with Gasteiger partial charge in [-0.15, -0.1) is 0 Å². The van der Waals surface area contributed by atoms with Crippen LogP contribution in [0, 0.1) is 25.2 Å². The fraction of sp³-hybridized carbons (Fsp3) is 0.242. The van der Waals surface area contributed by atoms with Gasteiger partial charge in [-0.2, -0.15) is 5.26 Å². The van der Waals surface area contributed by atoms with Crippen molar-refractivity contribution < 1.29 is 19.0 Å². The number of amides is 1. The van der Waals surface area contributed by atoms with Crippen molar-refractivity contribution in [1.29, 1.82) is 5.26 Å². The first-order chi connectivity index (χ1) is 19.8. The first kappa shape index (κ1) is 29.5. The van der Waals surface area contributed by atoms with Gasteiger partial charge < -0.3 is 19.5 Å². The summed E-state index contributed by atoms with van der Waals surface area (Å²) in [6.45, 7) is 5.95. The maximum Gasteiger partial charge on any atom is 0.237 e. The molecule has 1 atom stereocenters. The van der Waals surface area contributed by atoms with Crippen LogP contribution < -0.4 is 19.5 Å². The number of carbonyl (C=O) groups excluding carboxylic acids is 1. The van der Waals surface area contributed by atoms with Crippen molar-refractivity contribution in [3.8, 4) is 45.7 Å². The van der Waals surface area contributed by atoms with Gasteiger partial charge in [0.05, 0.1) is 37.8 Å². The number of pyridine rings is 1. The molecule has 1 N–H and O–H groups in total. The van der Waals surface area contributed by atoms with E-state index in [-0.39, 0.29) is 5.91 Å². The van der Waals surface area contributed by atoms with Gasteiger partial charge >= 0.3 is 0 Å². The highest BCUT2D eigenvalue weighted by Crippen LogP contribution is 2.44. The number of carbonyl (C=O) groups is 1. The highest BCUT2D eigenvalue weighted by molar-refractivity contribution is 8.00. The molecule has 0 aliphatic rings. The zero-order valence-electron chi connectivity index (χ0n) is 24.1. The van der Waals surface area contributed by atoms with Gasteiger partial charge in [-0.1, -0.05) is 55.1 Å². The molecule has 3 aromatic carbocycles. The van der Waals surface area contributed by atoms with Crippen LogP contribution in [0.25, 0.3) is 22.4 Å². The smallest absolute Gasteiger partial charge is 0.237 e. The van der Waals surface area contributed by atoms with Crippen LogP contribution in [-0.4, -0.2) is 37.5 Å². The molecular weight excluding hydrogens is 534 g/mol. The molecular formula is C33H33N3O4S. The van der Waals surface area contributed by atoms with Crippen molar-refractivity contribution >= 4 is 23.4 Å². The predicted octanol–water partition coefficient (Wildman–Crippen LogP) is 7.44. The van der Waals surface area contributed by atoms with Gasteiger partial charge in [0.2, 0.25) is 11.7 Å². The summed E-state index contributed by atoms with van der Waals surface area (Å²) >= 11 is 1.29. The molecule has 0 radical (unpaired) electrons. The van der Waals surface area contributed by atoms with E-state index in [0.29, 0.717) is 51.1 Å². The highest BCUT2D eigenvalue weighted by atomic mass is 32.2. The van der Waals surface area contributed by atoms with Crippen molar-refractivity contribution in [2.24, 2.45) is 0 Å². The fourth-order valence-electron chi connectivity index (χ4n) is 4.66. The number of nitriles is 1. The number of anilines is 1. The van der Waals surface area contributed by atoms with E-state index in [2.05, 4.69) is 17.5 Å². The summed E-state index contributed by atoms with van der Waals surface area (Å²) in [6, 6.07) is 23.5. The molecule has 0 saturated carbocycles. The molecule has 7 nitrogen and oxygen atoms in total. The van der Waals surface area contributed by atoms with E-state index in [9.17, 15) is 10.1 Å². The zero-order valence-corrected chi connectivity index (χ0v) is 24.9. The average Bonchev–Trinajstić information content (AvgIpc) is 2.98. The lowest BCUT2D eigenvalue weighted by Gasteiger charge is -2.19. The van der Waals surface area contributed by atoms with Crippen LogP contribution in [0.2, 0.25) is 0 Å². The van der Waals surface area contributed by atoms with Crippen molar-refractivity contribution in [1.82, 2.24) is 4.98 Å². The van der Waals surface area contributed by atoms with Gasteiger partial charge in [-0.05, 0) is 67.3 Å². The molecule has 0 aliphatic carbocycles. The highest BCUT2D eigenvalue weighted by Gasteiger charge is 2.25. The maximum atomic E-state index is 13.4. The van der Waals surface area contributed by atoms with Crippen LogP contribution in [0.1, 0.15) is 30.0 Å². The molecule has 1 unspecified atom stereocenters. The zero-order chi connectivity index (χ0) is 29.5. The van der Waals surface area contributed by atoms with Crippen LogP contribution >= 0.6 is 11.8 Å². The summed E-state index contributed by atoms with van der Waals surface area (Å²) in [7, 11) is 4.65. The molecule has 4 aromatic rings. The number of nitrogens with zero attached hydrogens (tertiary/aromatic N) is 2. The van der Waals surface area contributed by atoms with Crippen molar-refractivity contribution in [3.63, 3.8) is 0 Å². The van der Waals surface area contributed by atoms with Gasteiger partial charge in [0.1, 0.15) is 11.1 Å². The average molecular weight is 568 g/mol. The SMILES string of the molecule is CCC(Sc1nc(-c2ccccc2)cc(-c2cc(OC)c(OC)c(OC)c2)c1C#N)C(=O)Nc1cc(C)cc(C)c1. The molecule has 8 heteroatoms. The number of thioether (sulfide) groups is 1. The summed E-state index contributed by atoms with van der Waals surface area (Å²) in [6.07, 6.45) is 0.545. The summed E-state index contributed by atoms with van der Waals surface area (Å²) in [5.41, 5.74) is 6.16. The van der Waals surface area contributed by atoms with Crippen LogP contribution in [0.15, 0.2) is 71.8 Å². The Kier molecular flexibility index (Phi) is 9.53. The Morgan fingerprint density at radius 3 is 2.10 bits per heavy atom. The van der Waals surface area contributed by atoms with Crippen LogP contribution in [0.4, 0.5) is 5.69 Å². The fourth-order valence-corrected chi connectivity index (χ4v) is 5.69. The van der Waals surface area contributed by atoms with E-state index in [1.54, 1.807) is 21.3 Å². The molecule has 1 amide bonds. The summed E-state index contributed by atoms with van der Waals surface area (Å²) in [5, 5.41) is 13.5. The van der Waals surface area contributed by atoms with E-state index in [1.165, 1.54) is 11.8 Å². The second-order valence-corrected chi connectivity index (χ2v) is 10.7. The summed E-state index contributed by atoms with van der Waals surface area (Å²) < 4.78 is 16.7. The number of hydrogen-bond acceptors (Lipinski definition) is 7. The van der Waals surface area contributed by atoms with Crippen LogP contribution in [0.3, 0.4) is 0 Å². The predicted molar refractivity (Wildman–Crippen MR) is 164 cm³/mol. The maximum absolute atomic E-state index is 13.4. The molecule has 0 bridgehead atoms. The number of hydrogen-bond donors (Lipinski definition) is 1. The minimum Gasteiger partial charge on any atom is -0.493 e. The summed E-state index contributed by atoms with van der Waals surface area (Å²) in [4.78, 5) is 18.3. The number of rotatable bonds is 10. The van der Waals surface area contributed by atoms with Crippen molar-refractivity contribution in [2.75, 3.05) is 26.6 Å². The topological polar surface area (TPSA) is 93.5 Å². The molecule has 1 aromatic heterocycles. The second kappa shape index (κ2) is 13.2. The molecule has 41 heavy (non-hydrogen) atoms. The van der Waals surface area contributed by atoms with Crippen LogP contribution in [0.5, 0.6) is 17.2 Å². The third-order valence-corrected chi connectivity index (χ3v) is 7.90. The molecule has 1 heterocycles. The third kappa shape index (κ3) is 6.64. The van der Waals surface area contributed by atoms with E-state index in [4.69, 9.17) is 19.2 Å². The largest absolute Gasteiger partial charge is 0.493 e. The Labute approximate surface area is 245 Å². The van der Waals surface area contributed by atoms with E-state index < -0.39 is 5.25 Å². The minimum atomic E-state index is -0.478. The third-order valence-electron chi connectivity index (χ3n) is 6.55. The summed E-state index contributed by atoms with van der Waals surface area (Å²) in [5.74, 6) is 1.25. The quantitative estimate of drug-likeness (QED) is 0.199. The Balaban J connectivity index is 1.84. The first-order valence-electron chi connectivity index (χ1n) is 13.2. The molecule has 210 valence electrons. The van der Waals surface area contributed by atoms with Gasteiger partial charge in [0.15, 0.2) is 11.5 Å². The number of benzene rings is 3. The van der Waals surface area contributed by atoms with Gasteiger partial charge in [-0.25, -0.2) is 4.98 Å². The lowest BCUT2D eigenvalue weighted by Crippen LogP contribution is -2.25. The molecule has 0 aliphatic heterocycles. The molecule has 0 spiro atoms. The normalized spacial score (nSPS) is 11.3. The van der Waals surface area contributed by atoms with E-state index in [0.717, 1.165) is 22.4 Å². The van der Waals surface area contributed by atoms with Gasteiger partial charge in [0, 0.05) is 16.8 Å². The number of nitrogens with one attached hydrogen (secondary N) is 1. The van der Waals surface area contributed by atoms with Crippen molar-refractivity contribution in [2.45, 2.75) is 37.5 Å². The van der Waals surface area contributed by atoms with Crippen LogP contribution in [-0.2, 0) is 4.79 Å². The molecule has 4 rings (SSSR count). The Morgan fingerprint density at radius 1 is 0.927 bits per heavy atom. The molecule has 0 saturated heterocycles. The van der Waals surface area contributed by atoms with E-state index >= 15 is 0 Å². The number of methoxy groups -OCH3 is 3. The van der Waals surface area contributed by atoms with E-state index in [1.807, 2.05) is 81.4 Å². The molecule has 0 fully saturated rings. The standard InChI is InChI=1S/C33H33N3O4S/c1-7-30(32(37)35-24-14-20(2)13-21(3)15-24)41-33-26(19-34)25(18-27(36-33)22-11-9-8-10-12-22)23-16-28(38-4)31(40-6)29(17-23)39-5/h8-18,30H,7H2,1-6H3,(H,35,37). The Bertz CT molecular complexity index is 1550. The number of aryl methyl sites for hydroxylation is 2. The van der Waals surface area contributed by atoms with Gasteiger partial charge in [0.25, 0.3) is 0 Å². The van der Waals surface area contributed by atoms with Gasteiger partial charge in [-0.3, -0.25) is 4.79 Å². The minimum absolute atomic E-state index is 0.146. The number of ether oxygens (including phenoxy) is 3. The lowest BCUT2D eigenvalue weighted by molar-refractivity contribution is -0.115. The number of aromatic nitrogens is 1. The first-order valence-corrected chi connectivity index (χ1v) is 14.1. The Morgan fingerprint density at radius 2 is 1.56 bits per heavy atom. The lowest BCUT2D eigenvalue weighted by atomic mass is 9.98. The Hall–Kier alpha value is -4.48. The van der Waals surface area contributed by atoms with Crippen molar-refractivity contribution in [3.05, 3.63) is 83.4 Å². The second-order valence-electron chi connectivity index (χ2n) is 9.51.